The molecule has 0 bridgehead atoms. The minimum Gasteiger partial charge on any atom is -0.497 e. The zero-order valence-electron chi connectivity index (χ0n) is 15.5. The van der Waals surface area contributed by atoms with Crippen molar-refractivity contribution in [3.63, 3.8) is 0 Å². The van der Waals surface area contributed by atoms with Crippen LogP contribution in [0.3, 0.4) is 0 Å². The number of hydrogen-bond acceptors (Lipinski definition) is 5. The average Bonchev–Trinajstić information content (AvgIpc) is 3.04. The van der Waals surface area contributed by atoms with Gasteiger partial charge in [-0.1, -0.05) is 0 Å². The second-order valence-electron chi connectivity index (χ2n) is 5.86. The Morgan fingerprint density at radius 1 is 1.24 bits per heavy atom. The first kappa shape index (κ1) is 18.8. The molecule has 0 aliphatic heterocycles. The second kappa shape index (κ2) is 8.53. The fraction of sp³-hybridized carbons (Fsp3) is 0.444. The van der Waals surface area contributed by atoms with E-state index >= 15 is 0 Å². The van der Waals surface area contributed by atoms with Gasteiger partial charge < -0.3 is 19.7 Å². The summed E-state index contributed by atoms with van der Waals surface area (Å²) in [6, 6.07) is 7.32. The third kappa shape index (κ3) is 4.51. The highest BCUT2D eigenvalue weighted by Crippen LogP contribution is 2.32. The Kier molecular flexibility index (Phi) is 6.41. The van der Waals surface area contributed by atoms with Crippen LogP contribution in [0.15, 0.2) is 24.3 Å². The first-order chi connectivity index (χ1) is 12.0. The van der Waals surface area contributed by atoms with E-state index in [4.69, 9.17) is 9.47 Å². The van der Waals surface area contributed by atoms with E-state index in [9.17, 15) is 4.79 Å². The Bertz CT molecular complexity index is 725. The molecule has 2 aromatic rings. The number of ether oxygens (including phenoxy) is 2. The Morgan fingerprint density at radius 2 is 2.00 bits per heavy atom. The fourth-order valence-corrected chi connectivity index (χ4v) is 2.47. The van der Waals surface area contributed by atoms with Gasteiger partial charge in [-0.2, -0.15) is 5.10 Å². The monoisotopic (exact) mass is 346 g/mol. The van der Waals surface area contributed by atoms with Crippen molar-refractivity contribution in [1.29, 1.82) is 0 Å². The van der Waals surface area contributed by atoms with Crippen LogP contribution in [0, 0.1) is 0 Å². The van der Waals surface area contributed by atoms with Crippen molar-refractivity contribution in [3.05, 3.63) is 30.0 Å². The summed E-state index contributed by atoms with van der Waals surface area (Å²) in [5, 5.41) is 7.48. The number of methoxy groups -OCH3 is 2. The van der Waals surface area contributed by atoms with Crippen LogP contribution in [0.1, 0.15) is 17.4 Å². The quantitative estimate of drug-likeness (QED) is 0.790. The number of aromatic nitrogens is 2. The number of hydrogen-bond donors (Lipinski definition) is 1. The Morgan fingerprint density at radius 3 is 2.60 bits per heavy atom. The first-order valence-corrected chi connectivity index (χ1v) is 8.23. The molecule has 1 N–H and O–H groups in total. The summed E-state index contributed by atoms with van der Waals surface area (Å²) in [5.74, 6) is 1.23. The van der Waals surface area contributed by atoms with Crippen LogP contribution < -0.4 is 14.8 Å². The number of carbonyl (C=O) groups is 1. The molecule has 0 atom stereocenters. The third-order valence-electron chi connectivity index (χ3n) is 3.84. The summed E-state index contributed by atoms with van der Waals surface area (Å²) in [6.45, 7) is 3.93. The van der Waals surface area contributed by atoms with Gasteiger partial charge in [-0.05, 0) is 39.2 Å². The third-order valence-corrected chi connectivity index (χ3v) is 3.84. The number of carbonyl (C=O) groups excluding carboxylic acids is 1. The molecule has 0 spiro atoms. The van der Waals surface area contributed by atoms with E-state index in [1.807, 2.05) is 38.1 Å². The molecule has 0 radical (unpaired) electrons. The largest absolute Gasteiger partial charge is 0.497 e. The van der Waals surface area contributed by atoms with E-state index in [1.165, 1.54) is 0 Å². The highest BCUT2D eigenvalue weighted by molar-refractivity contribution is 5.94. The van der Waals surface area contributed by atoms with Crippen molar-refractivity contribution in [2.75, 3.05) is 41.4 Å². The normalized spacial score (nSPS) is 10.8. The van der Waals surface area contributed by atoms with Crippen LogP contribution in [0.4, 0.5) is 0 Å². The Labute approximate surface area is 148 Å². The van der Waals surface area contributed by atoms with E-state index in [2.05, 4.69) is 10.4 Å². The van der Waals surface area contributed by atoms with Crippen molar-refractivity contribution in [1.82, 2.24) is 20.0 Å². The molecule has 2 rings (SSSR count). The van der Waals surface area contributed by atoms with Crippen LogP contribution >= 0.6 is 0 Å². The van der Waals surface area contributed by atoms with E-state index < -0.39 is 0 Å². The maximum Gasteiger partial charge on any atom is 0.269 e. The lowest BCUT2D eigenvalue weighted by Crippen LogP contribution is -2.32. The van der Waals surface area contributed by atoms with Crippen molar-refractivity contribution < 1.29 is 14.3 Å². The number of nitrogens with one attached hydrogen (secondary N) is 1. The molecular weight excluding hydrogens is 320 g/mol. The molecule has 25 heavy (non-hydrogen) atoms. The first-order valence-electron chi connectivity index (χ1n) is 8.23. The lowest BCUT2D eigenvalue weighted by molar-refractivity contribution is 0.0940. The molecule has 0 aliphatic carbocycles. The number of nitrogens with zero attached hydrogens (tertiary/aromatic N) is 3. The highest BCUT2D eigenvalue weighted by atomic mass is 16.5. The van der Waals surface area contributed by atoms with E-state index in [0.29, 0.717) is 36.0 Å². The van der Waals surface area contributed by atoms with Gasteiger partial charge in [0.25, 0.3) is 5.91 Å². The summed E-state index contributed by atoms with van der Waals surface area (Å²) >= 11 is 0. The zero-order chi connectivity index (χ0) is 18.4. The molecule has 1 aromatic heterocycles. The maximum absolute atomic E-state index is 12.5. The molecule has 1 heterocycles. The van der Waals surface area contributed by atoms with Crippen LogP contribution in [0.2, 0.25) is 0 Å². The van der Waals surface area contributed by atoms with Gasteiger partial charge >= 0.3 is 0 Å². The lowest BCUT2D eigenvalue weighted by atomic mass is 10.1. The molecule has 0 fully saturated rings. The summed E-state index contributed by atoms with van der Waals surface area (Å²) in [6.07, 6.45) is 0. The van der Waals surface area contributed by atoms with Crippen molar-refractivity contribution in [3.8, 4) is 22.8 Å². The molecule has 0 saturated carbocycles. The molecular formula is C18H26N4O3. The summed E-state index contributed by atoms with van der Waals surface area (Å²) in [5.41, 5.74) is 2.05. The second-order valence-corrected chi connectivity index (χ2v) is 5.86. The SMILES string of the molecule is CCn1nc(-c2ccc(OC)cc2OC)cc1C(=O)NCCN(C)C. The minimum atomic E-state index is -0.130. The number of likely N-dealkylation sites (N-methyl/N-ethyl adjacent to an activating group) is 1. The zero-order valence-corrected chi connectivity index (χ0v) is 15.5. The molecule has 0 unspecified atom stereocenters. The topological polar surface area (TPSA) is 68.6 Å². The van der Waals surface area contributed by atoms with Crippen LogP contribution in [0.25, 0.3) is 11.3 Å². The van der Waals surface area contributed by atoms with E-state index in [1.54, 1.807) is 31.0 Å². The van der Waals surface area contributed by atoms with Gasteiger partial charge in [-0.3, -0.25) is 9.48 Å². The van der Waals surface area contributed by atoms with Gasteiger partial charge in [0.1, 0.15) is 17.2 Å². The van der Waals surface area contributed by atoms with Gasteiger partial charge in [0.2, 0.25) is 0 Å². The number of amides is 1. The molecule has 1 aromatic carbocycles. The summed E-state index contributed by atoms with van der Waals surface area (Å²) < 4.78 is 12.4. The summed E-state index contributed by atoms with van der Waals surface area (Å²) in [4.78, 5) is 14.5. The van der Waals surface area contributed by atoms with Crippen molar-refractivity contribution >= 4 is 5.91 Å². The van der Waals surface area contributed by atoms with E-state index in [0.717, 1.165) is 12.1 Å². The highest BCUT2D eigenvalue weighted by Gasteiger charge is 2.18. The van der Waals surface area contributed by atoms with Crippen LogP contribution in [0.5, 0.6) is 11.5 Å². The van der Waals surface area contributed by atoms with Crippen LogP contribution in [-0.4, -0.2) is 62.0 Å². The van der Waals surface area contributed by atoms with E-state index in [-0.39, 0.29) is 5.91 Å². The Hall–Kier alpha value is -2.54. The Balaban J connectivity index is 2.29. The number of benzene rings is 1. The van der Waals surface area contributed by atoms with Gasteiger partial charge in [-0.25, -0.2) is 0 Å². The molecule has 0 saturated heterocycles. The van der Waals surface area contributed by atoms with Gasteiger partial charge in [0, 0.05) is 31.3 Å². The number of rotatable bonds is 8. The molecule has 7 nitrogen and oxygen atoms in total. The standard InChI is InChI=1S/C18H26N4O3/c1-6-22-16(18(23)19-9-10-21(2)3)12-15(20-22)14-8-7-13(24-4)11-17(14)25-5/h7-8,11-12H,6,9-10H2,1-5H3,(H,19,23). The predicted molar refractivity (Wildman–Crippen MR) is 97.3 cm³/mol. The fourth-order valence-electron chi connectivity index (χ4n) is 2.47. The minimum absolute atomic E-state index is 0.130. The van der Waals surface area contributed by atoms with Crippen LogP contribution in [-0.2, 0) is 6.54 Å². The summed E-state index contributed by atoms with van der Waals surface area (Å²) in [7, 11) is 7.15. The smallest absolute Gasteiger partial charge is 0.269 e. The molecule has 0 aliphatic rings. The maximum atomic E-state index is 12.5. The van der Waals surface area contributed by atoms with Crippen molar-refractivity contribution in [2.45, 2.75) is 13.5 Å². The van der Waals surface area contributed by atoms with Gasteiger partial charge in [0.15, 0.2) is 0 Å². The van der Waals surface area contributed by atoms with Gasteiger partial charge in [0.05, 0.1) is 19.9 Å². The average molecular weight is 346 g/mol. The molecule has 7 heteroatoms. The predicted octanol–water partition coefficient (Wildman–Crippen LogP) is 1.88. The van der Waals surface area contributed by atoms with Crippen molar-refractivity contribution in [2.24, 2.45) is 0 Å². The molecule has 136 valence electrons. The molecule has 1 amide bonds. The van der Waals surface area contributed by atoms with Gasteiger partial charge in [-0.15, -0.1) is 0 Å². The number of aryl methyl sites for hydroxylation is 1. The lowest BCUT2D eigenvalue weighted by Gasteiger charge is -2.10.